The van der Waals surface area contributed by atoms with Gasteiger partial charge in [-0.1, -0.05) is 29.8 Å². The van der Waals surface area contributed by atoms with Crippen molar-refractivity contribution in [1.29, 1.82) is 0 Å². The van der Waals surface area contributed by atoms with Crippen LogP contribution in [0.2, 0.25) is 0 Å². The molecule has 1 aromatic carbocycles. The van der Waals surface area contributed by atoms with Crippen molar-refractivity contribution >= 4 is 0 Å². The lowest BCUT2D eigenvalue weighted by molar-refractivity contribution is -0.0684. The highest BCUT2D eigenvalue weighted by Crippen LogP contribution is 2.41. The molecule has 21 heavy (non-hydrogen) atoms. The Kier molecular flexibility index (Phi) is 4.34. The number of aliphatic hydroxyl groups excluding tert-OH is 1. The monoisotopic (exact) mass is 288 g/mol. The van der Waals surface area contributed by atoms with Crippen LogP contribution in [0.25, 0.3) is 0 Å². The summed E-state index contributed by atoms with van der Waals surface area (Å²) in [6, 6.07) is 9.39. The van der Waals surface area contributed by atoms with Gasteiger partial charge in [0.05, 0.1) is 6.61 Å². The number of aryl methyl sites for hydroxylation is 1. The van der Waals surface area contributed by atoms with E-state index in [0.29, 0.717) is 12.6 Å². The topological polar surface area (TPSA) is 26.7 Å². The summed E-state index contributed by atoms with van der Waals surface area (Å²) >= 11 is 0. The minimum atomic E-state index is 0.150. The number of likely N-dealkylation sites (N-methyl/N-ethyl adjacent to an activating group) is 1. The third kappa shape index (κ3) is 3.01. The van der Waals surface area contributed by atoms with Gasteiger partial charge in [0, 0.05) is 24.5 Å². The van der Waals surface area contributed by atoms with Crippen LogP contribution in [0.15, 0.2) is 24.3 Å². The maximum absolute atomic E-state index is 9.96. The summed E-state index contributed by atoms with van der Waals surface area (Å²) in [5, 5.41) is 9.96. The lowest BCUT2D eigenvalue weighted by atomic mass is 9.69. The molecule has 0 amide bonds. The fourth-order valence-corrected chi connectivity index (χ4v) is 4.17. The minimum absolute atomic E-state index is 0.150. The average molecular weight is 288 g/mol. The van der Waals surface area contributed by atoms with Crippen LogP contribution in [0.3, 0.4) is 0 Å². The molecule has 0 radical (unpaired) electrons. The third-order valence-electron chi connectivity index (χ3n) is 5.62. The van der Waals surface area contributed by atoms with E-state index in [0.717, 1.165) is 26.1 Å². The number of piperidine rings is 2. The van der Waals surface area contributed by atoms with Crippen molar-refractivity contribution < 1.29 is 5.11 Å². The summed E-state index contributed by atoms with van der Waals surface area (Å²) in [5.74, 6) is 0. The Labute approximate surface area is 128 Å². The first-order valence-corrected chi connectivity index (χ1v) is 8.22. The number of hydrogen-bond acceptors (Lipinski definition) is 3. The zero-order valence-electron chi connectivity index (χ0n) is 13.4. The van der Waals surface area contributed by atoms with Gasteiger partial charge in [0.1, 0.15) is 0 Å². The molecule has 2 saturated heterocycles. The van der Waals surface area contributed by atoms with Gasteiger partial charge in [0.25, 0.3) is 0 Å². The molecule has 0 spiro atoms. The van der Waals surface area contributed by atoms with E-state index in [2.05, 4.69) is 48.0 Å². The van der Waals surface area contributed by atoms with E-state index in [4.69, 9.17) is 0 Å². The summed E-state index contributed by atoms with van der Waals surface area (Å²) in [7, 11) is 2.23. The molecule has 2 atom stereocenters. The summed E-state index contributed by atoms with van der Waals surface area (Å²) in [6.07, 6.45) is 3.55. The molecule has 3 heteroatoms. The van der Waals surface area contributed by atoms with Crippen LogP contribution in [-0.2, 0) is 6.54 Å². The summed E-state index contributed by atoms with van der Waals surface area (Å²) in [6.45, 7) is 6.89. The molecule has 0 aromatic heterocycles. The molecule has 3 rings (SSSR count). The van der Waals surface area contributed by atoms with Gasteiger partial charge in [0.2, 0.25) is 0 Å². The van der Waals surface area contributed by atoms with Crippen LogP contribution in [0.4, 0.5) is 0 Å². The van der Waals surface area contributed by atoms with Crippen LogP contribution in [-0.4, -0.2) is 54.2 Å². The predicted octanol–water partition coefficient (Wildman–Crippen LogP) is 2.27. The van der Waals surface area contributed by atoms with E-state index in [1.807, 2.05) is 0 Å². The van der Waals surface area contributed by atoms with Crippen LogP contribution < -0.4 is 0 Å². The molecule has 116 valence electrons. The third-order valence-corrected chi connectivity index (χ3v) is 5.62. The maximum Gasteiger partial charge on any atom is 0.0503 e. The Morgan fingerprint density at radius 3 is 2.67 bits per heavy atom. The van der Waals surface area contributed by atoms with Gasteiger partial charge < -0.3 is 10.0 Å². The van der Waals surface area contributed by atoms with Crippen LogP contribution in [0.1, 0.15) is 30.4 Å². The van der Waals surface area contributed by atoms with E-state index >= 15 is 0 Å². The second-order valence-electron chi connectivity index (χ2n) is 7.09. The Balaban J connectivity index is 1.69. The SMILES string of the molecule is Cc1ccc(CN2CC[C@@]3(CO)CCCN(C)[C@@H]3C2)cc1. The van der Waals surface area contributed by atoms with Crippen molar-refractivity contribution in [3.8, 4) is 0 Å². The molecular formula is C18H28N2O. The number of nitrogens with zero attached hydrogens (tertiary/aromatic N) is 2. The fraction of sp³-hybridized carbons (Fsp3) is 0.667. The first-order chi connectivity index (χ1) is 10.1. The zero-order valence-corrected chi connectivity index (χ0v) is 13.4. The van der Waals surface area contributed by atoms with E-state index in [9.17, 15) is 5.11 Å². The van der Waals surface area contributed by atoms with Gasteiger partial charge in [-0.2, -0.15) is 0 Å². The standard InChI is InChI=1S/C18H28N2O/c1-15-4-6-16(7-5-15)12-20-11-9-18(14-21)8-3-10-19(2)17(18)13-20/h4-7,17,21H,3,8-14H2,1-2H3/t17-,18-/m1/s1. The quantitative estimate of drug-likeness (QED) is 0.924. The van der Waals surface area contributed by atoms with Crippen LogP contribution in [0, 0.1) is 12.3 Å². The second-order valence-corrected chi connectivity index (χ2v) is 7.09. The predicted molar refractivity (Wildman–Crippen MR) is 86.2 cm³/mol. The highest BCUT2D eigenvalue weighted by Gasteiger charge is 2.46. The van der Waals surface area contributed by atoms with Gasteiger partial charge in [-0.15, -0.1) is 0 Å². The Morgan fingerprint density at radius 2 is 1.95 bits per heavy atom. The largest absolute Gasteiger partial charge is 0.396 e. The molecule has 1 aromatic rings. The summed E-state index contributed by atoms with van der Waals surface area (Å²) < 4.78 is 0. The van der Waals surface area contributed by atoms with Crippen LogP contribution >= 0.6 is 0 Å². The second kappa shape index (κ2) is 6.07. The van der Waals surface area contributed by atoms with Gasteiger partial charge in [0.15, 0.2) is 0 Å². The highest BCUT2D eigenvalue weighted by molar-refractivity contribution is 5.21. The van der Waals surface area contributed by atoms with E-state index in [1.165, 1.54) is 30.5 Å². The highest BCUT2D eigenvalue weighted by atomic mass is 16.3. The van der Waals surface area contributed by atoms with E-state index < -0.39 is 0 Å². The summed E-state index contributed by atoms with van der Waals surface area (Å²) in [5.41, 5.74) is 2.87. The average Bonchev–Trinajstić information content (AvgIpc) is 2.50. The normalized spacial score (nSPS) is 31.1. The van der Waals surface area contributed by atoms with E-state index in [-0.39, 0.29) is 5.41 Å². The minimum Gasteiger partial charge on any atom is -0.396 e. The molecular weight excluding hydrogens is 260 g/mol. The van der Waals surface area contributed by atoms with Crippen molar-refractivity contribution in [3.63, 3.8) is 0 Å². The maximum atomic E-state index is 9.96. The van der Waals surface area contributed by atoms with Crippen molar-refractivity contribution in [2.24, 2.45) is 5.41 Å². The number of hydrogen-bond donors (Lipinski definition) is 1. The number of aliphatic hydroxyl groups is 1. The summed E-state index contributed by atoms with van der Waals surface area (Å²) in [4.78, 5) is 5.03. The van der Waals surface area contributed by atoms with Gasteiger partial charge in [-0.05, 0) is 51.9 Å². The smallest absolute Gasteiger partial charge is 0.0503 e. The first kappa shape index (κ1) is 15.0. The van der Waals surface area contributed by atoms with Crippen molar-refractivity contribution in [3.05, 3.63) is 35.4 Å². The Bertz CT molecular complexity index is 473. The van der Waals surface area contributed by atoms with Crippen molar-refractivity contribution in [1.82, 2.24) is 9.80 Å². The van der Waals surface area contributed by atoms with Gasteiger partial charge >= 0.3 is 0 Å². The molecule has 0 saturated carbocycles. The Morgan fingerprint density at radius 1 is 1.19 bits per heavy atom. The lowest BCUT2D eigenvalue weighted by Gasteiger charge is -2.53. The molecule has 2 aliphatic heterocycles. The van der Waals surface area contributed by atoms with Gasteiger partial charge in [-0.25, -0.2) is 0 Å². The molecule has 3 nitrogen and oxygen atoms in total. The molecule has 0 unspecified atom stereocenters. The number of rotatable bonds is 3. The number of fused-ring (bicyclic) bond motifs is 1. The lowest BCUT2D eigenvalue weighted by Crippen LogP contribution is -2.61. The molecule has 2 heterocycles. The van der Waals surface area contributed by atoms with Crippen LogP contribution in [0.5, 0.6) is 0 Å². The first-order valence-electron chi connectivity index (χ1n) is 8.22. The molecule has 1 N–H and O–H groups in total. The zero-order chi connectivity index (χ0) is 14.9. The van der Waals surface area contributed by atoms with Crippen molar-refractivity contribution in [2.45, 2.75) is 38.8 Å². The fourth-order valence-electron chi connectivity index (χ4n) is 4.17. The van der Waals surface area contributed by atoms with Gasteiger partial charge in [-0.3, -0.25) is 4.90 Å². The molecule has 2 fully saturated rings. The molecule has 0 bridgehead atoms. The molecule has 2 aliphatic rings. The molecule has 0 aliphatic carbocycles. The van der Waals surface area contributed by atoms with E-state index in [1.54, 1.807) is 0 Å². The van der Waals surface area contributed by atoms with Crippen molar-refractivity contribution in [2.75, 3.05) is 33.3 Å². The Hall–Kier alpha value is -0.900. The number of benzene rings is 1. The number of likely N-dealkylation sites (tertiary alicyclic amines) is 2.